The van der Waals surface area contributed by atoms with Crippen LogP contribution in [0.3, 0.4) is 0 Å². The van der Waals surface area contributed by atoms with Crippen LogP contribution in [0.25, 0.3) is 0 Å². The summed E-state index contributed by atoms with van der Waals surface area (Å²) in [6.45, 7) is 1.20. The van der Waals surface area contributed by atoms with Gasteiger partial charge in [0.2, 0.25) is 0 Å². The van der Waals surface area contributed by atoms with Gasteiger partial charge in [-0.3, -0.25) is 4.79 Å². The molecule has 2 aromatic rings. The number of carboxylic acid groups (broad SMARTS) is 2. The Kier molecular flexibility index (Phi) is 6.79. The van der Waals surface area contributed by atoms with Gasteiger partial charge in [0.1, 0.15) is 12.0 Å². The summed E-state index contributed by atoms with van der Waals surface area (Å²) in [6, 6.07) is 18.5. The van der Waals surface area contributed by atoms with Crippen LogP contribution < -0.4 is 0 Å². The number of hydrogen-bond donors (Lipinski definition) is 3. The molecule has 0 aliphatic heterocycles. The largest absolute Gasteiger partial charge is 0.481 e. The maximum atomic E-state index is 11.3. The van der Waals surface area contributed by atoms with Gasteiger partial charge in [0.15, 0.2) is 0 Å². The maximum absolute atomic E-state index is 11.3. The van der Waals surface area contributed by atoms with Gasteiger partial charge in [-0.2, -0.15) is 0 Å². The summed E-state index contributed by atoms with van der Waals surface area (Å²) in [4.78, 5) is 20.7. The molecular weight excluding hydrogens is 284 g/mol. The summed E-state index contributed by atoms with van der Waals surface area (Å²) >= 11 is 0. The number of carboxylic acids is 2. The Hall–Kier alpha value is -2.66. The molecule has 22 heavy (non-hydrogen) atoms. The van der Waals surface area contributed by atoms with E-state index in [0.717, 1.165) is 11.1 Å². The predicted molar refractivity (Wildman–Crippen MR) is 81.7 cm³/mol. The highest BCUT2D eigenvalue weighted by atomic mass is 16.4. The molecule has 2 aromatic carbocycles. The number of rotatable bonds is 4. The average molecular weight is 302 g/mol. The molecule has 0 saturated carbocycles. The monoisotopic (exact) mass is 302 g/mol. The van der Waals surface area contributed by atoms with Gasteiger partial charge in [0.05, 0.1) is 0 Å². The van der Waals surface area contributed by atoms with Crippen LogP contribution in [0.1, 0.15) is 24.0 Å². The predicted octanol–water partition coefficient (Wildman–Crippen LogP) is 2.35. The molecule has 0 radical (unpaired) electrons. The third kappa shape index (κ3) is 5.38. The number of carbonyl (C=O) groups is 2. The van der Waals surface area contributed by atoms with Gasteiger partial charge >= 0.3 is 11.9 Å². The van der Waals surface area contributed by atoms with Gasteiger partial charge in [-0.1, -0.05) is 60.7 Å². The number of benzene rings is 2. The minimum Gasteiger partial charge on any atom is -0.481 e. The first-order valence-corrected chi connectivity index (χ1v) is 6.67. The summed E-state index contributed by atoms with van der Waals surface area (Å²) in [5, 5.41) is 25.1. The summed E-state index contributed by atoms with van der Waals surface area (Å²) in [5.41, 5.74) is 1.61. The topological polar surface area (TPSA) is 94.8 Å². The van der Waals surface area contributed by atoms with Crippen molar-refractivity contribution in [1.29, 1.82) is 0 Å². The first-order chi connectivity index (χ1) is 10.4. The fourth-order valence-electron chi connectivity index (χ4n) is 1.77. The zero-order chi connectivity index (χ0) is 16.5. The zero-order valence-corrected chi connectivity index (χ0v) is 12.1. The standard InChI is InChI=1S/C14H12O2.C3H6O3/c15-14(16)13(11-7-3-1-4-8-11)12-9-5-2-6-10-12;1-2(4)3(5)6/h1-10,13H,(H,15,16);2,4H,1H3,(H,5,6). The van der Waals surface area contributed by atoms with Crippen LogP contribution in [0.15, 0.2) is 60.7 Å². The third-order valence-electron chi connectivity index (χ3n) is 2.87. The Morgan fingerprint density at radius 3 is 1.32 bits per heavy atom. The summed E-state index contributed by atoms with van der Waals surface area (Å²) in [6.07, 6.45) is -1.23. The second-order valence-electron chi connectivity index (χ2n) is 4.61. The Bertz CT molecular complexity index is 553. The molecule has 0 fully saturated rings. The number of aliphatic hydroxyl groups excluding tert-OH is 1. The van der Waals surface area contributed by atoms with E-state index in [4.69, 9.17) is 10.2 Å². The fourth-order valence-corrected chi connectivity index (χ4v) is 1.77. The lowest BCUT2D eigenvalue weighted by atomic mass is 9.92. The lowest BCUT2D eigenvalue weighted by molar-refractivity contribution is -0.145. The van der Waals surface area contributed by atoms with Crippen LogP contribution in [0, 0.1) is 0 Å². The van der Waals surface area contributed by atoms with Crippen LogP contribution in [-0.4, -0.2) is 33.4 Å². The zero-order valence-electron chi connectivity index (χ0n) is 12.1. The Morgan fingerprint density at radius 1 is 0.773 bits per heavy atom. The molecule has 0 saturated heterocycles. The molecule has 0 aromatic heterocycles. The lowest BCUT2D eigenvalue weighted by Gasteiger charge is -2.12. The van der Waals surface area contributed by atoms with Gasteiger partial charge in [0, 0.05) is 0 Å². The molecule has 5 heteroatoms. The van der Waals surface area contributed by atoms with Crippen molar-refractivity contribution in [3.8, 4) is 0 Å². The van der Waals surface area contributed by atoms with Crippen molar-refractivity contribution in [2.24, 2.45) is 0 Å². The van der Waals surface area contributed by atoms with E-state index in [9.17, 15) is 14.7 Å². The van der Waals surface area contributed by atoms with Crippen molar-refractivity contribution in [2.45, 2.75) is 18.9 Å². The Labute approximate surface area is 128 Å². The van der Waals surface area contributed by atoms with E-state index < -0.39 is 24.0 Å². The smallest absolute Gasteiger partial charge is 0.332 e. The van der Waals surface area contributed by atoms with E-state index in [0.29, 0.717) is 0 Å². The van der Waals surface area contributed by atoms with Crippen LogP contribution in [0.4, 0.5) is 0 Å². The molecule has 0 aliphatic carbocycles. The number of hydrogen-bond acceptors (Lipinski definition) is 3. The van der Waals surface area contributed by atoms with Crippen molar-refractivity contribution in [3.63, 3.8) is 0 Å². The van der Waals surface area contributed by atoms with E-state index in [-0.39, 0.29) is 0 Å². The molecule has 0 heterocycles. The fraction of sp³-hybridized carbons (Fsp3) is 0.176. The second-order valence-corrected chi connectivity index (χ2v) is 4.61. The highest BCUT2D eigenvalue weighted by Crippen LogP contribution is 2.24. The van der Waals surface area contributed by atoms with Crippen molar-refractivity contribution in [3.05, 3.63) is 71.8 Å². The van der Waals surface area contributed by atoms with E-state index in [1.54, 1.807) is 0 Å². The minimum absolute atomic E-state index is 0.581. The highest BCUT2D eigenvalue weighted by molar-refractivity contribution is 5.80. The van der Waals surface area contributed by atoms with E-state index >= 15 is 0 Å². The molecule has 1 unspecified atom stereocenters. The van der Waals surface area contributed by atoms with Crippen LogP contribution in [0.5, 0.6) is 0 Å². The normalized spacial score (nSPS) is 11.2. The molecule has 116 valence electrons. The maximum Gasteiger partial charge on any atom is 0.332 e. The van der Waals surface area contributed by atoms with Crippen molar-refractivity contribution in [2.75, 3.05) is 0 Å². The van der Waals surface area contributed by atoms with Crippen LogP contribution in [-0.2, 0) is 9.59 Å². The van der Waals surface area contributed by atoms with E-state index in [1.165, 1.54) is 6.92 Å². The Balaban J connectivity index is 0.000000346. The molecule has 0 spiro atoms. The summed E-state index contributed by atoms with van der Waals surface area (Å²) in [7, 11) is 0. The molecule has 0 aliphatic rings. The molecule has 0 bridgehead atoms. The lowest BCUT2D eigenvalue weighted by Crippen LogP contribution is -2.13. The number of aliphatic carboxylic acids is 2. The van der Waals surface area contributed by atoms with Crippen molar-refractivity contribution < 1.29 is 24.9 Å². The molecule has 5 nitrogen and oxygen atoms in total. The summed E-state index contributed by atoms with van der Waals surface area (Å²) in [5.74, 6) is -2.59. The SMILES string of the molecule is CC(O)C(=O)O.O=C(O)C(c1ccccc1)c1ccccc1. The van der Waals surface area contributed by atoms with Gasteiger partial charge < -0.3 is 15.3 Å². The van der Waals surface area contributed by atoms with E-state index in [2.05, 4.69) is 0 Å². The molecule has 3 N–H and O–H groups in total. The first kappa shape index (κ1) is 17.4. The first-order valence-electron chi connectivity index (χ1n) is 6.67. The molecule has 2 rings (SSSR count). The second kappa shape index (κ2) is 8.59. The van der Waals surface area contributed by atoms with Gasteiger partial charge in [-0.15, -0.1) is 0 Å². The van der Waals surface area contributed by atoms with Crippen molar-refractivity contribution in [1.82, 2.24) is 0 Å². The van der Waals surface area contributed by atoms with Crippen molar-refractivity contribution >= 4 is 11.9 Å². The molecular formula is C17H18O5. The minimum atomic E-state index is -1.23. The molecule has 1 atom stereocenters. The van der Waals surface area contributed by atoms with E-state index in [1.807, 2.05) is 60.7 Å². The van der Waals surface area contributed by atoms with Gasteiger partial charge in [0.25, 0.3) is 0 Å². The van der Waals surface area contributed by atoms with Gasteiger partial charge in [-0.25, -0.2) is 4.79 Å². The number of aliphatic hydroxyl groups is 1. The van der Waals surface area contributed by atoms with Crippen LogP contribution in [0.2, 0.25) is 0 Å². The highest BCUT2D eigenvalue weighted by Gasteiger charge is 2.21. The Morgan fingerprint density at radius 2 is 1.09 bits per heavy atom. The third-order valence-corrected chi connectivity index (χ3v) is 2.87. The molecule has 0 amide bonds. The van der Waals surface area contributed by atoms with Crippen LogP contribution >= 0.6 is 0 Å². The average Bonchev–Trinajstić information content (AvgIpc) is 2.50. The van der Waals surface area contributed by atoms with Gasteiger partial charge in [-0.05, 0) is 18.1 Å². The quantitative estimate of drug-likeness (QED) is 0.806. The summed E-state index contributed by atoms with van der Waals surface area (Å²) < 4.78 is 0.